The highest BCUT2D eigenvalue weighted by molar-refractivity contribution is 7.89. The number of thiophene rings is 1. The third-order valence-electron chi connectivity index (χ3n) is 4.53. The van der Waals surface area contributed by atoms with Gasteiger partial charge in [-0.3, -0.25) is 4.68 Å². The smallest absolute Gasteiger partial charge is 0.242 e. The molecule has 3 rings (SSSR count). The summed E-state index contributed by atoms with van der Waals surface area (Å²) in [4.78, 5) is 1.71. The molecule has 9 heteroatoms. The van der Waals surface area contributed by atoms with Gasteiger partial charge in [0.15, 0.2) is 5.76 Å². The van der Waals surface area contributed by atoms with Crippen LogP contribution in [0.5, 0.6) is 0 Å². The van der Waals surface area contributed by atoms with Crippen molar-refractivity contribution in [1.29, 1.82) is 0 Å². The van der Waals surface area contributed by atoms with E-state index in [0.717, 1.165) is 34.1 Å². The normalized spacial score (nSPS) is 13.3. The molecule has 0 spiro atoms. The number of rotatable bonds is 6. The van der Waals surface area contributed by atoms with E-state index in [9.17, 15) is 8.42 Å². The van der Waals surface area contributed by atoms with Crippen molar-refractivity contribution in [3.05, 3.63) is 39.7 Å². The molecule has 0 saturated heterocycles. The Balaban J connectivity index is 1.91. The van der Waals surface area contributed by atoms with E-state index < -0.39 is 10.0 Å². The maximum Gasteiger partial charge on any atom is 0.242 e. The van der Waals surface area contributed by atoms with Crippen LogP contribution in [0.3, 0.4) is 0 Å². The highest BCUT2D eigenvalue weighted by Crippen LogP contribution is 2.34. The second-order valence-corrected chi connectivity index (χ2v) is 9.55. The Labute approximate surface area is 163 Å². The summed E-state index contributed by atoms with van der Waals surface area (Å²) < 4.78 is 36.0. The van der Waals surface area contributed by atoms with E-state index in [1.54, 1.807) is 19.1 Å². The lowest BCUT2D eigenvalue weighted by Gasteiger charge is -2.15. The fourth-order valence-electron chi connectivity index (χ4n) is 3.33. The van der Waals surface area contributed by atoms with Gasteiger partial charge in [0.05, 0.1) is 21.2 Å². The van der Waals surface area contributed by atoms with Gasteiger partial charge in [-0.25, -0.2) is 13.1 Å². The molecular weight excluding hydrogens is 384 g/mol. The molecule has 1 atom stereocenters. The molecule has 0 saturated carbocycles. The first-order valence-electron chi connectivity index (χ1n) is 8.74. The van der Waals surface area contributed by atoms with Crippen molar-refractivity contribution in [2.75, 3.05) is 0 Å². The maximum absolute atomic E-state index is 13.0. The third-order valence-corrected chi connectivity index (χ3v) is 7.40. The van der Waals surface area contributed by atoms with Gasteiger partial charge in [0, 0.05) is 34.8 Å². The largest absolute Gasteiger partial charge is 0.355 e. The molecule has 0 unspecified atom stereocenters. The number of hydrogen-bond donors (Lipinski definition) is 1. The number of hydrogen-bond acceptors (Lipinski definition) is 6. The standard InChI is InChI=1S/C18H24N4O3S2/c1-7-22-13(5)18(11(3)19-22)12(4)21-27(23,24)17-9-16(26-14(17)6)15-8-10(2)20-25-15/h8-9,12,21H,7H2,1-6H3/t12-/m1/s1. The first-order chi connectivity index (χ1) is 12.6. The number of sulfonamides is 1. The molecule has 0 aromatic carbocycles. The second kappa shape index (κ2) is 7.21. The molecule has 3 heterocycles. The van der Waals surface area contributed by atoms with Crippen molar-refractivity contribution in [2.45, 2.75) is 59.0 Å². The molecule has 1 N–H and O–H groups in total. The number of nitrogens with one attached hydrogen (secondary N) is 1. The van der Waals surface area contributed by atoms with E-state index in [4.69, 9.17) is 4.52 Å². The Morgan fingerprint density at radius 2 is 1.96 bits per heavy atom. The Bertz CT molecular complexity index is 1080. The van der Waals surface area contributed by atoms with Gasteiger partial charge in [0.1, 0.15) is 0 Å². The van der Waals surface area contributed by atoms with Gasteiger partial charge in [-0.1, -0.05) is 5.16 Å². The van der Waals surface area contributed by atoms with Crippen molar-refractivity contribution in [3.63, 3.8) is 0 Å². The summed E-state index contributed by atoms with van der Waals surface area (Å²) in [6.07, 6.45) is 0. The van der Waals surface area contributed by atoms with Crippen LogP contribution in [0.2, 0.25) is 0 Å². The zero-order chi connectivity index (χ0) is 19.9. The highest BCUT2D eigenvalue weighted by Gasteiger charge is 2.26. The van der Waals surface area contributed by atoms with Gasteiger partial charge in [-0.05, 0) is 47.6 Å². The molecule has 3 aromatic heterocycles. The fourth-order valence-corrected chi connectivity index (χ4v) is 6.09. The Morgan fingerprint density at radius 3 is 2.52 bits per heavy atom. The SMILES string of the molecule is CCn1nc(C)c([C@@H](C)NS(=O)(=O)c2cc(-c3cc(C)no3)sc2C)c1C. The summed E-state index contributed by atoms with van der Waals surface area (Å²) in [5.74, 6) is 0.575. The molecule has 7 nitrogen and oxygen atoms in total. The van der Waals surface area contributed by atoms with Gasteiger partial charge in [0.2, 0.25) is 10.0 Å². The van der Waals surface area contributed by atoms with Crippen LogP contribution < -0.4 is 4.72 Å². The van der Waals surface area contributed by atoms with E-state index in [0.29, 0.717) is 10.6 Å². The minimum Gasteiger partial charge on any atom is -0.355 e. The molecule has 0 aliphatic carbocycles. The molecule has 0 aliphatic heterocycles. The summed E-state index contributed by atoms with van der Waals surface area (Å²) in [6, 6.07) is 3.05. The fraction of sp³-hybridized carbons (Fsp3) is 0.444. The van der Waals surface area contributed by atoms with Crippen LogP contribution in [-0.2, 0) is 16.6 Å². The zero-order valence-electron chi connectivity index (χ0n) is 16.3. The van der Waals surface area contributed by atoms with Crippen molar-refractivity contribution in [1.82, 2.24) is 19.7 Å². The predicted octanol–water partition coefficient (Wildman–Crippen LogP) is 3.89. The molecule has 0 amide bonds. The van der Waals surface area contributed by atoms with Gasteiger partial charge >= 0.3 is 0 Å². The van der Waals surface area contributed by atoms with Gasteiger partial charge in [0.25, 0.3) is 0 Å². The lowest BCUT2D eigenvalue weighted by Crippen LogP contribution is -2.27. The van der Waals surface area contributed by atoms with Crippen LogP contribution in [0.4, 0.5) is 0 Å². The van der Waals surface area contributed by atoms with E-state index in [1.165, 1.54) is 11.3 Å². The maximum atomic E-state index is 13.0. The van der Waals surface area contributed by atoms with Gasteiger partial charge in [-0.2, -0.15) is 5.10 Å². The van der Waals surface area contributed by atoms with Crippen LogP contribution in [0.15, 0.2) is 21.6 Å². The van der Waals surface area contributed by atoms with E-state index in [2.05, 4.69) is 15.0 Å². The minimum absolute atomic E-state index is 0.265. The number of nitrogens with zero attached hydrogens (tertiary/aromatic N) is 3. The quantitative estimate of drug-likeness (QED) is 0.668. The summed E-state index contributed by atoms with van der Waals surface area (Å²) in [7, 11) is -3.69. The second-order valence-electron chi connectivity index (χ2n) is 6.61. The number of aryl methyl sites for hydroxylation is 4. The first-order valence-corrected chi connectivity index (χ1v) is 11.0. The molecular formula is C18H24N4O3S2. The van der Waals surface area contributed by atoms with Crippen molar-refractivity contribution in [3.8, 4) is 10.6 Å². The van der Waals surface area contributed by atoms with E-state index >= 15 is 0 Å². The lowest BCUT2D eigenvalue weighted by molar-refractivity contribution is 0.428. The van der Waals surface area contributed by atoms with Gasteiger partial charge in [-0.15, -0.1) is 11.3 Å². The van der Waals surface area contributed by atoms with Crippen LogP contribution in [0.1, 0.15) is 47.4 Å². The Morgan fingerprint density at radius 1 is 1.26 bits per heavy atom. The molecule has 0 aliphatic rings. The summed E-state index contributed by atoms with van der Waals surface area (Å²) >= 11 is 1.38. The van der Waals surface area contributed by atoms with E-state index in [1.807, 2.05) is 39.3 Å². The van der Waals surface area contributed by atoms with Crippen LogP contribution in [0, 0.1) is 27.7 Å². The number of aromatic nitrogens is 3. The molecule has 0 bridgehead atoms. The third kappa shape index (κ3) is 3.71. The topological polar surface area (TPSA) is 90.0 Å². The molecule has 146 valence electrons. The molecule has 3 aromatic rings. The minimum atomic E-state index is -3.69. The predicted molar refractivity (Wildman–Crippen MR) is 105 cm³/mol. The Hall–Kier alpha value is -1.97. The van der Waals surface area contributed by atoms with Gasteiger partial charge < -0.3 is 4.52 Å². The lowest BCUT2D eigenvalue weighted by atomic mass is 10.1. The first kappa shape index (κ1) is 19.8. The average molecular weight is 409 g/mol. The zero-order valence-corrected chi connectivity index (χ0v) is 18.0. The van der Waals surface area contributed by atoms with Crippen LogP contribution in [-0.4, -0.2) is 23.4 Å². The van der Waals surface area contributed by atoms with E-state index in [-0.39, 0.29) is 10.9 Å². The average Bonchev–Trinajstić information content (AvgIpc) is 3.24. The summed E-state index contributed by atoms with van der Waals surface area (Å²) in [5.41, 5.74) is 3.49. The van der Waals surface area contributed by atoms with Crippen LogP contribution >= 0.6 is 11.3 Å². The highest BCUT2D eigenvalue weighted by atomic mass is 32.2. The van der Waals surface area contributed by atoms with Crippen molar-refractivity contribution >= 4 is 21.4 Å². The summed E-state index contributed by atoms with van der Waals surface area (Å²) in [5, 5.41) is 8.35. The molecule has 27 heavy (non-hydrogen) atoms. The van der Waals surface area contributed by atoms with Crippen LogP contribution in [0.25, 0.3) is 10.6 Å². The monoisotopic (exact) mass is 408 g/mol. The van der Waals surface area contributed by atoms with Crippen molar-refractivity contribution in [2.24, 2.45) is 0 Å². The summed E-state index contributed by atoms with van der Waals surface area (Å²) in [6.45, 7) is 12.1. The molecule has 0 radical (unpaired) electrons. The molecule has 0 fully saturated rings. The van der Waals surface area contributed by atoms with Crippen molar-refractivity contribution < 1.29 is 12.9 Å². The Kier molecular flexibility index (Phi) is 5.29.